The van der Waals surface area contributed by atoms with Gasteiger partial charge in [0.25, 0.3) is 0 Å². The fourth-order valence-electron chi connectivity index (χ4n) is 1.87. The number of hydrogen-bond donors (Lipinski definition) is 2. The predicted molar refractivity (Wildman–Crippen MR) is 59.3 cm³/mol. The molecule has 0 radical (unpaired) electrons. The zero-order chi connectivity index (χ0) is 11.0. The van der Waals surface area contributed by atoms with Crippen molar-refractivity contribution in [3.8, 4) is 0 Å². The van der Waals surface area contributed by atoms with Crippen molar-refractivity contribution in [1.82, 2.24) is 0 Å². The predicted octanol–water partition coefficient (Wildman–Crippen LogP) is 2.23. The van der Waals surface area contributed by atoms with E-state index in [1.807, 2.05) is 6.07 Å². The molecule has 0 saturated heterocycles. The van der Waals surface area contributed by atoms with Crippen LogP contribution in [0.5, 0.6) is 0 Å². The number of anilines is 1. The molecular formula is C12H15NO2. The van der Waals surface area contributed by atoms with Crippen LogP contribution >= 0.6 is 0 Å². The first-order valence-corrected chi connectivity index (χ1v) is 5.20. The molecule has 1 atom stereocenters. The summed E-state index contributed by atoms with van der Waals surface area (Å²) in [6.07, 6.45) is 0.586. The Balaban J connectivity index is 2.27. The number of nitrogens with one attached hydrogen (secondary N) is 1. The van der Waals surface area contributed by atoms with E-state index in [4.69, 9.17) is 5.11 Å². The first kappa shape index (κ1) is 10.0. The molecular weight excluding hydrogens is 190 g/mol. The standard InChI is InChI=1S/C12H15NO2/c1-7(2)8-3-4-9-6-11(12(14)15)13-10(9)5-8/h3-5,7,11,13H,6H2,1-2H3,(H,14,15)/t11-/m0/s1. The van der Waals surface area contributed by atoms with Gasteiger partial charge in [0, 0.05) is 12.1 Å². The summed E-state index contributed by atoms with van der Waals surface area (Å²) in [5, 5.41) is 11.9. The Bertz CT molecular complexity index is 399. The first-order chi connectivity index (χ1) is 7.08. The second-order valence-corrected chi connectivity index (χ2v) is 4.31. The van der Waals surface area contributed by atoms with Crippen LogP contribution in [-0.4, -0.2) is 17.1 Å². The summed E-state index contributed by atoms with van der Waals surface area (Å²) in [7, 11) is 0. The summed E-state index contributed by atoms with van der Waals surface area (Å²) in [4.78, 5) is 10.8. The Morgan fingerprint density at radius 3 is 2.87 bits per heavy atom. The van der Waals surface area contributed by atoms with E-state index in [1.165, 1.54) is 5.56 Å². The summed E-state index contributed by atoms with van der Waals surface area (Å²) in [6.45, 7) is 4.26. The van der Waals surface area contributed by atoms with Crippen molar-refractivity contribution in [2.75, 3.05) is 5.32 Å². The van der Waals surface area contributed by atoms with Crippen LogP contribution < -0.4 is 5.32 Å². The monoisotopic (exact) mass is 205 g/mol. The van der Waals surface area contributed by atoms with Gasteiger partial charge in [-0.25, -0.2) is 4.79 Å². The molecule has 0 aromatic heterocycles. The van der Waals surface area contributed by atoms with Crippen molar-refractivity contribution >= 4 is 11.7 Å². The zero-order valence-electron chi connectivity index (χ0n) is 8.95. The normalized spacial score (nSPS) is 18.7. The molecule has 1 heterocycles. The topological polar surface area (TPSA) is 49.3 Å². The molecule has 0 saturated carbocycles. The Morgan fingerprint density at radius 2 is 2.27 bits per heavy atom. The fourth-order valence-corrected chi connectivity index (χ4v) is 1.87. The lowest BCUT2D eigenvalue weighted by Crippen LogP contribution is -2.26. The van der Waals surface area contributed by atoms with Gasteiger partial charge in [0.15, 0.2) is 0 Å². The lowest BCUT2D eigenvalue weighted by Gasteiger charge is -2.08. The lowest BCUT2D eigenvalue weighted by molar-refractivity contribution is -0.137. The fraction of sp³-hybridized carbons (Fsp3) is 0.417. The Hall–Kier alpha value is -1.51. The van der Waals surface area contributed by atoms with Crippen LogP contribution in [0.15, 0.2) is 18.2 Å². The van der Waals surface area contributed by atoms with Gasteiger partial charge in [-0.15, -0.1) is 0 Å². The number of rotatable bonds is 2. The van der Waals surface area contributed by atoms with E-state index < -0.39 is 12.0 Å². The molecule has 0 bridgehead atoms. The summed E-state index contributed by atoms with van der Waals surface area (Å²) >= 11 is 0. The minimum Gasteiger partial charge on any atom is -0.480 e. The third-order valence-corrected chi connectivity index (χ3v) is 2.85. The van der Waals surface area contributed by atoms with Gasteiger partial charge in [0.1, 0.15) is 6.04 Å². The smallest absolute Gasteiger partial charge is 0.326 e. The highest BCUT2D eigenvalue weighted by Crippen LogP contribution is 2.29. The van der Waals surface area contributed by atoms with Crippen molar-refractivity contribution in [1.29, 1.82) is 0 Å². The molecule has 80 valence electrons. The maximum Gasteiger partial charge on any atom is 0.326 e. The number of carboxylic acids is 1. The van der Waals surface area contributed by atoms with Crippen molar-refractivity contribution in [3.05, 3.63) is 29.3 Å². The van der Waals surface area contributed by atoms with Gasteiger partial charge in [-0.2, -0.15) is 0 Å². The third-order valence-electron chi connectivity index (χ3n) is 2.85. The highest BCUT2D eigenvalue weighted by molar-refractivity contribution is 5.81. The molecule has 0 aliphatic carbocycles. The van der Waals surface area contributed by atoms with Gasteiger partial charge in [-0.1, -0.05) is 26.0 Å². The Morgan fingerprint density at radius 1 is 1.53 bits per heavy atom. The van der Waals surface area contributed by atoms with Crippen molar-refractivity contribution in [2.24, 2.45) is 0 Å². The van der Waals surface area contributed by atoms with Gasteiger partial charge in [-0.05, 0) is 23.1 Å². The van der Waals surface area contributed by atoms with E-state index in [9.17, 15) is 4.79 Å². The van der Waals surface area contributed by atoms with Crippen LogP contribution in [0.25, 0.3) is 0 Å². The molecule has 0 fully saturated rings. The number of fused-ring (bicyclic) bond motifs is 1. The molecule has 2 N–H and O–H groups in total. The number of carboxylic acid groups (broad SMARTS) is 1. The van der Waals surface area contributed by atoms with Gasteiger partial charge in [-0.3, -0.25) is 0 Å². The second kappa shape index (κ2) is 3.57. The van der Waals surface area contributed by atoms with Crippen LogP contribution in [0.4, 0.5) is 5.69 Å². The molecule has 1 aromatic rings. The highest BCUT2D eigenvalue weighted by atomic mass is 16.4. The highest BCUT2D eigenvalue weighted by Gasteiger charge is 2.26. The lowest BCUT2D eigenvalue weighted by atomic mass is 10.0. The summed E-state index contributed by atoms with van der Waals surface area (Å²) in [6, 6.07) is 5.71. The summed E-state index contributed by atoms with van der Waals surface area (Å²) < 4.78 is 0. The molecule has 0 amide bonds. The molecule has 1 aliphatic heterocycles. The van der Waals surface area contributed by atoms with Crippen LogP contribution in [0.2, 0.25) is 0 Å². The van der Waals surface area contributed by atoms with Crippen molar-refractivity contribution in [2.45, 2.75) is 32.2 Å². The zero-order valence-corrected chi connectivity index (χ0v) is 8.95. The molecule has 2 rings (SSSR count). The molecule has 0 spiro atoms. The number of benzene rings is 1. The van der Waals surface area contributed by atoms with Crippen LogP contribution in [0, 0.1) is 0 Å². The number of aliphatic carboxylic acids is 1. The maximum absolute atomic E-state index is 10.8. The summed E-state index contributed by atoms with van der Waals surface area (Å²) in [5.74, 6) is -0.307. The van der Waals surface area contributed by atoms with Crippen molar-refractivity contribution < 1.29 is 9.90 Å². The molecule has 1 aliphatic rings. The largest absolute Gasteiger partial charge is 0.480 e. The second-order valence-electron chi connectivity index (χ2n) is 4.31. The van der Waals surface area contributed by atoms with E-state index >= 15 is 0 Å². The van der Waals surface area contributed by atoms with E-state index in [2.05, 4.69) is 31.3 Å². The van der Waals surface area contributed by atoms with Gasteiger partial charge in [0.2, 0.25) is 0 Å². The Labute approximate surface area is 89.1 Å². The number of carbonyl (C=O) groups is 1. The molecule has 3 heteroatoms. The summed E-state index contributed by atoms with van der Waals surface area (Å²) in [5.41, 5.74) is 3.33. The van der Waals surface area contributed by atoms with Crippen LogP contribution in [0.1, 0.15) is 30.9 Å². The van der Waals surface area contributed by atoms with Crippen LogP contribution in [-0.2, 0) is 11.2 Å². The average molecular weight is 205 g/mol. The quantitative estimate of drug-likeness (QED) is 0.778. The first-order valence-electron chi connectivity index (χ1n) is 5.20. The third kappa shape index (κ3) is 1.82. The van der Waals surface area contributed by atoms with Gasteiger partial charge < -0.3 is 10.4 Å². The van der Waals surface area contributed by atoms with E-state index in [1.54, 1.807) is 0 Å². The van der Waals surface area contributed by atoms with Gasteiger partial charge in [0.05, 0.1) is 0 Å². The molecule has 3 nitrogen and oxygen atoms in total. The van der Waals surface area contributed by atoms with Gasteiger partial charge >= 0.3 is 5.97 Å². The SMILES string of the molecule is CC(C)c1ccc2c(c1)N[C@H](C(=O)O)C2. The van der Waals surface area contributed by atoms with Crippen LogP contribution in [0.3, 0.4) is 0 Å². The van der Waals surface area contributed by atoms with E-state index in [-0.39, 0.29) is 0 Å². The number of hydrogen-bond acceptors (Lipinski definition) is 2. The Kier molecular flexibility index (Phi) is 2.39. The molecule has 15 heavy (non-hydrogen) atoms. The molecule has 0 unspecified atom stereocenters. The van der Waals surface area contributed by atoms with Crippen molar-refractivity contribution in [3.63, 3.8) is 0 Å². The van der Waals surface area contributed by atoms with E-state index in [0.29, 0.717) is 12.3 Å². The van der Waals surface area contributed by atoms with E-state index in [0.717, 1.165) is 11.3 Å². The maximum atomic E-state index is 10.8. The minimum atomic E-state index is -0.780. The minimum absolute atomic E-state index is 0.456. The average Bonchev–Trinajstić information content (AvgIpc) is 2.59. The molecule has 1 aromatic carbocycles.